The minimum absolute atomic E-state index is 0.0311. The van der Waals surface area contributed by atoms with Crippen molar-refractivity contribution in [3.05, 3.63) is 42.0 Å². The average Bonchev–Trinajstić information content (AvgIpc) is 3.27. The van der Waals surface area contributed by atoms with E-state index in [0.29, 0.717) is 24.0 Å². The number of methoxy groups -OCH3 is 2. The molecule has 0 aliphatic carbocycles. The summed E-state index contributed by atoms with van der Waals surface area (Å²) < 4.78 is 21.4. The van der Waals surface area contributed by atoms with E-state index in [1.165, 1.54) is 5.56 Å². The lowest BCUT2D eigenvalue weighted by atomic mass is 10.1. The van der Waals surface area contributed by atoms with Crippen LogP contribution in [0.3, 0.4) is 0 Å². The highest BCUT2D eigenvalue weighted by atomic mass is 16.7. The van der Waals surface area contributed by atoms with Crippen LogP contribution >= 0.6 is 0 Å². The SMILES string of the molecule is COc1ccc(NC(=O)C(C)N2CCN(Cc3ccc4c(c3)OCO4)CC2)cc1OC. The lowest BCUT2D eigenvalue weighted by Crippen LogP contribution is -2.52. The first-order valence-corrected chi connectivity index (χ1v) is 10.4. The number of benzene rings is 2. The molecule has 1 atom stereocenters. The summed E-state index contributed by atoms with van der Waals surface area (Å²) in [5.41, 5.74) is 1.90. The van der Waals surface area contributed by atoms with Gasteiger partial charge in [0.2, 0.25) is 12.7 Å². The Kier molecular flexibility index (Phi) is 6.48. The Labute approximate surface area is 182 Å². The zero-order valence-electron chi connectivity index (χ0n) is 18.2. The van der Waals surface area contributed by atoms with Gasteiger partial charge in [0.1, 0.15) is 0 Å². The van der Waals surface area contributed by atoms with E-state index >= 15 is 0 Å². The van der Waals surface area contributed by atoms with E-state index in [2.05, 4.69) is 21.2 Å². The number of rotatable bonds is 7. The van der Waals surface area contributed by atoms with Gasteiger partial charge >= 0.3 is 0 Å². The highest BCUT2D eigenvalue weighted by molar-refractivity contribution is 5.94. The summed E-state index contributed by atoms with van der Waals surface area (Å²) in [5, 5.41) is 2.98. The number of carbonyl (C=O) groups excluding carboxylic acids is 1. The molecule has 2 aromatic carbocycles. The normalized spacial score (nSPS) is 17.3. The van der Waals surface area contributed by atoms with E-state index in [-0.39, 0.29) is 11.9 Å². The molecule has 0 saturated carbocycles. The minimum Gasteiger partial charge on any atom is -0.493 e. The third-order valence-corrected chi connectivity index (χ3v) is 5.83. The molecule has 8 nitrogen and oxygen atoms in total. The smallest absolute Gasteiger partial charge is 0.241 e. The summed E-state index contributed by atoms with van der Waals surface area (Å²) >= 11 is 0. The average molecular weight is 428 g/mol. The Morgan fingerprint density at radius 2 is 1.74 bits per heavy atom. The first-order chi connectivity index (χ1) is 15.1. The second-order valence-electron chi connectivity index (χ2n) is 7.73. The second-order valence-corrected chi connectivity index (χ2v) is 7.73. The van der Waals surface area contributed by atoms with Gasteiger partial charge in [0.15, 0.2) is 23.0 Å². The van der Waals surface area contributed by atoms with Gasteiger partial charge in [-0.3, -0.25) is 14.6 Å². The summed E-state index contributed by atoms with van der Waals surface area (Å²) in [5.74, 6) is 2.81. The van der Waals surface area contributed by atoms with Gasteiger partial charge in [0.25, 0.3) is 0 Å². The molecule has 1 N–H and O–H groups in total. The van der Waals surface area contributed by atoms with Crippen LogP contribution in [-0.4, -0.2) is 68.9 Å². The van der Waals surface area contributed by atoms with Crippen LogP contribution in [0.2, 0.25) is 0 Å². The first kappa shape index (κ1) is 21.3. The molecule has 1 unspecified atom stereocenters. The minimum atomic E-state index is -0.221. The van der Waals surface area contributed by atoms with Crippen molar-refractivity contribution in [1.29, 1.82) is 0 Å². The third kappa shape index (κ3) is 4.86. The molecule has 2 aliphatic rings. The number of amides is 1. The summed E-state index contributed by atoms with van der Waals surface area (Å²) in [4.78, 5) is 17.4. The highest BCUT2D eigenvalue weighted by Crippen LogP contribution is 2.33. The molecule has 0 aromatic heterocycles. The Morgan fingerprint density at radius 1 is 1.00 bits per heavy atom. The van der Waals surface area contributed by atoms with E-state index in [0.717, 1.165) is 44.2 Å². The van der Waals surface area contributed by atoms with E-state index < -0.39 is 0 Å². The molecule has 166 valence electrons. The molecule has 1 saturated heterocycles. The number of piperazine rings is 1. The fraction of sp³-hybridized carbons (Fsp3) is 0.435. The van der Waals surface area contributed by atoms with Crippen LogP contribution in [0, 0.1) is 0 Å². The number of ether oxygens (including phenoxy) is 4. The van der Waals surface area contributed by atoms with Crippen molar-refractivity contribution in [2.24, 2.45) is 0 Å². The van der Waals surface area contributed by atoms with Crippen LogP contribution in [0.15, 0.2) is 36.4 Å². The van der Waals surface area contributed by atoms with E-state index in [1.807, 2.05) is 25.1 Å². The predicted molar refractivity (Wildman–Crippen MR) is 117 cm³/mol. The van der Waals surface area contributed by atoms with Gasteiger partial charge in [-0.2, -0.15) is 0 Å². The maximum absolute atomic E-state index is 12.8. The quantitative estimate of drug-likeness (QED) is 0.728. The predicted octanol–water partition coefficient (Wildman–Crippen LogP) is 2.58. The number of hydrogen-bond acceptors (Lipinski definition) is 7. The molecule has 1 fully saturated rings. The third-order valence-electron chi connectivity index (χ3n) is 5.83. The van der Waals surface area contributed by atoms with E-state index in [9.17, 15) is 4.79 Å². The maximum Gasteiger partial charge on any atom is 0.241 e. The number of hydrogen-bond donors (Lipinski definition) is 1. The van der Waals surface area contributed by atoms with Crippen molar-refractivity contribution in [3.8, 4) is 23.0 Å². The number of nitrogens with zero attached hydrogens (tertiary/aromatic N) is 2. The summed E-state index contributed by atoms with van der Waals surface area (Å²) in [6.07, 6.45) is 0. The summed E-state index contributed by atoms with van der Waals surface area (Å²) in [6, 6.07) is 11.2. The lowest BCUT2D eigenvalue weighted by Gasteiger charge is -2.37. The fourth-order valence-electron chi connectivity index (χ4n) is 3.93. The second kappa shape index (κ2) is 9.45. The highest BCUT2D eigenvalue weighted by Gasteiger charge is 2.26. The van der Waals surface area contributed by atoms with Crippen molar-refractivity contribution in [2.75, 3.05) is 52.5 Å². The van der Waals surface area contributed by atoms with Gasteiger partial charge in [-0.1, -0.05) is 6.07 Å². The van der Waals surface area contributed by atoms with Crippen LogP contribution in [0.5, 0.6) is 23.0 Å². The molecule has 31 heavy (non-hydrogen) atoms. The van der Waals surface area contributed by atoms with Gasteiger partial charge in [0, 0.05) is 44.5 Å². The molecule has 1 amide bonds. The number of nitrogens with one attached hydrogen (secondary N) is 1. The number of carbonyl (C=O) groups is 1. The largest absolute Gasteiger partial charge is 0.493 e. The molecule has 0 bridgehead atoms. The van der Waals surface area contributed by atoms with Crippen molar-refractivity contribution >= 4 is 11.6 Å². The molecule has 8 heteroatoms. The van der Waals surface area contributed by atoms with E-state index in [4.69, 9.17) is 18.9 Å². The fourth-order valence-corrected chi connectivity index (χ4v) is 3.93. The van der Waals surface area contributed by atoms with Crippen LogP contribution in [0.4, 0.5) is 5.69 Å². The Hall–Kier alpha value is -2.97. The Morgan fingerprint density at radius 3 is 2.48 bits per heavy atom. The summed E-state index contributed by atoms with van der Waals surface area (Å²) in [6.45, 7) is 6.59. The number of fused-ring (bicyclic) bond motifs is 1. The van der Waals surface area contributed by atoms with Crippen molar-refractivity contribution < 1.29 is 23.7 Å². The Balaban J connectivity index is 1.28. The van der Waals surface area contributed by atoms with Crippen molar-refractivity contribution in [2.45, 2.75) is 19.5 Å². The maximum atomic E-state index is 12.8. The molecular weight excluding hydrogens is 398 g/mol. The van der Waals surface area contributed by atoms with Crippen LogP contribution in [0.1, 0.15) is 12.5 Å². The standard InChI is InChI=1S/C23H29N3O5/c1-16(23(27)24-18-5-7-19(28-2)21(13-18)29-3)26-10-8-25(9-11-26)14-17-4-6-20-22(12-17)31-15-30-20/h4-7,12-13,16H,8-11,14-15H2,1-3H3,(H,24,27). The molecule has 2 aromatic rings. The first-order valence-electron chi connectivity index (χ1n) is 10.4. The zero-order chi connectivity index (χ0) is 21.8. The van der Waals surface area contributed by atoms with Gasteiger partial charge in [-0.05, 0) is 36.8 Å². The molecule has 2 aliphatic heterocycles. The van der Waals surface area contributed by atoms with Gasteiger partial charge in [-0.25, -0.2) is 0 Å². The molecule has 0 radical (unpaired) electrons. The van der Waals surface area contributed by atoms with Crippen LogP contribution in [-0.2, 0) is 11.3 Å². The molecule has 2 heterocycles. The van der Waals surface area contributed by atoms with Crippen molar-refractivity contribution in [3.63, 3.8) is 0 Å². The Bertz CT molecular complexity index is 927. The van der Waals surface area contributed by atoms with Crippen LogP contribution in [0.25, 0.3) is 0 Å². The molecule has 0 spiro atoms. The topological polar surface area (TPSA) is 72.5 Å². The lowest BCUT2D eigenvalue weighted by molar-refractivity contribution is -0.121. The van der Waals surface area contributed by atoms with Gasteiger partial charge in [0.05, 0.1) is 20.3 Å². The number of anilines is 1. The van der Waals surface area contributed by atoms with Gasteiger partial charge < -0.3 is 24.3 Å². The van der Waals surface area contributed by atoms with Crippen LogP contribution < -0.4 is 24.3 Å². The zero-order valence-corrected chi connectivity index (χ0v) is 18.2. The monoisotopic (exact) mass is 427 g/mol. The molecular formula is C23H29N3O5. The summed E-state index contributed by atoms with van der Waals surface area (Å²) in [7, 11) is 3.17. The van der Waals surface area contributed by atoms with Crippen molar-refractivity contribution in [1.82, 2.24) is 9.80 Å². The van der Waals surface area contributed by atoms with E-state index in [1.54, 1.807) is 26.4 Å². The molecule has 4 rings (SSSR count). The van der Waals surface area contributed by atoms with Gasteiger partial charge in [-0.15, -0.1) is 0 Å².